The van der Waals surface area contributed by atoms with E-state index in [-0.39, 0.29) is 43.9 Å². The number of fused-ring (bicyclic) bond motifs is 3. The summed E-state index contributed by atoms with van der Waals surface area (Å²) in [7, 11) is 0. The molecule has 2 heterocycles. The van der Waals surface area contributed by atoms with E-state index in [1.165, 1.54) is 18.6 Å². The minimum atomic E-state index is -0.377. The highest BCUT2D eigenvalue weighted by Crippen LogP contribution is 2.58. The van der Waals surface area contributed by atoms with Gasteiger partial charge in [-0.15, -0.1) is 0 Å². The first-order valence-corrected chi connectivity index (χ1v) is 12.9. The Balaban J connectivity index is 1.64. The number of rotatable bonds is 2. The number of aromatic amines is 1. The van der Waals surface area contributed by atoms with E-state index in [1.807, 2.05) is 13.0 Å². The largest absolute Gasteiger partial charge is 0.508 e. The van der Waals surface area contributed by atoms with Crippen LogP contribution in [0.3, 0.4) is 0 Å². The summed E-state index contributed by atoms with van der Waals surface area (Å²) >= 11 is 2.52. The molecule has 33 heavy (non-hydrogen) atoms. The van der Waals surface area contributed by atoms with Crippen LogP contribution in [0.5, 0.6) is 11.6 Å². The lowest BCUT2D eigenvalue weighted by Crippen LogP contribution is -2.63. The third kappa shape index (κ3) is 3.56. The number of carbonyl (C=O) groups excluding carboxylic acids is 1. The van der Waals surface area contributed by atoms with Crippen molar-refractivity contribution >= 4 is 28.4 Å². The fourth-order valence-corrected chi connectivity index (χ4v) is 7.83. The van der Waals surface area contributed by atoms with Crippen molar-refractivity contribution in [2.45, 2.75) is 49.6 Å². The predicted molar refractivity (Wildman–Crippen MR) is 137 cm³/mol. The van der Waals surface area contributed by atoms with Crippen molar-refractivity contribution in [2.24, 2.45) is 29.6 Å². The van der Waals surface area contributed by atoms with Gasteiger partial charge in [0.1, 0.15) is 17.4 Å². The highest BCUT2D eigenvalue weighted by Gasteiger charge is 2.61. The van der Waals surface area contributed by atoms with Crippen LogP contribution < -0.4 is 10.2 Å². The molecule has 2 saturated carbocycles. The van der Waals surface area contributed by atoms with Gasteiger partial charge in [0.05, 0.1) is 9.34 Å². The molecule has 0 saturated heterocycles. The second kappa shape index (κ2) is 8.29. The number of halogens is 1. The summed E-state index contributed by atoms with van der Waals surface area (Å²) < 4.78 is 6.30. The normalized spacial score (nSPS) is 35.5. The SMILES string of the molecule is C/C=C/[C@@H]1[C@H]2C[C@@H](C)CC[C@@H]2[C@](C)(I)[C@H]2Oc3[nH]cc(-c4ccc(O)cc4)c(=O)c3C(=O)[C@@H]12. The number of Topliss-reactive ketones (excluding diaryl/α,β-unsaturated/α-hetero) is 1. The summed E-state index contributed by atoms with van der Waals surface area (Å²) in [6.45, 7) is 6.54. The summed E-state index contributed by atoms with van der Waals surface area (Å²) in [4.78, 5) is 30.7. The number of aromatic hydroxyl groups is 1. The van der Waals surface area contributed by atoms with Crippen molar-refractivity contribution in [3.63, 3.8) is 0 Å². The highest BCUT2D eigenvalue weighted by molar-refractivity contribution is 14.1. The van der Waals surface area contributed by atoms with E-state index in [9.17, 15) is 14.7 Å². The van der Waals surface area contributed by atoms with Gasteiger partial charge in [-0.2, -0.15) is 0 Å². The number of H-pyrrole nitrogens is 1. The number of carbonyl (C=O) groups is 1. The number of phenols is 1. The minimum absolute atomic E-state index is 0.0629. The second-order valence-electron chi connectivity index (χ2n) is 10.2. The average molecular weight is 559 g/mol. The summed E-state index contributed by atoms with van der Waals surface area (Å²) in [5, 5.41) is 9.61. The number of phenolic OH excluding ortho intramolecular Hbond substituents is 1. The van der Waals surface area contributed by atoms with E-state index in [4.69, 9.17) is 4.74 Å². The van der Waals surface area contributed by atoms with Gasteiger partial charge >= 0.3 is 0 Å². The van der Waals surface area contributed by atoms with Crippen molar-refractivity contribution in [3.05, 3.63) is 58.4 Å². The lowest BCUT2D eigenvalue weighted by atomic mass is 9.53. The maximum atomic E-state index is 14.1. The van der Waals surface area contributed by atoms with Crippen LogP contribution in [0.4, 0.5) is 0 Å². The molecule has 0 bridgehead atoms. The molecule has 2 aromatic rings. The van der Waals surface area contributed by atoms with E-state index < -0.39 is 0 Å². The number of hydrogen-bond acceptors (Lipinski definition) is 4. The second-order valence-corrected chi connectivity index (χ2v) is 12.5. The lowest BCUT2D eigenvalue weighted by molar-refractivity contribution is -0.0427. The molecular formula is C27H30INO4. The Morgan fingerprint density at radius 1 is 1.21 bits per heavy atom. The van der Waals surface area contributed by atoms with Crippen LogP contribution in [-0.2, 0) is 0 Å². The summed E-state index contributed by atoms with van der Waals surface area (Å²) in [6.07, 6.45) is 9.01. The van der Waals surface area contributed by atoms with Crippen LogP contribution >= 0.6 is 22.6 Å². The highest BCUT2D eigenvalue weighted by atomic mass is 127. The average Bonchev–Trinajstić information content (AvgIpc) is 2.77. The van der Waals surface area contributed by atoms with E-state index >= 15 is 0 Å². The first kappa shape index (κ1) is 22.7. The Bertz CT molecular complexity index is 1170. The molecule has 0 spiro atoms. The van der Waals surface area contributed by atoms with Gasteiger partial charge in [0.15, 0.2) is 5.78 Å². The maximum Gasteiger partial charge on any atom is 0.206 e. The lowest BCUT2D eigenvalue weighted by Gasteiger charge is -2.57. The number of ketones is 1. The molecule has 5 rings (SSSR count). The van der Waals surface area contributed by atoms with Gasteiger partial charge in [-0.3, -0.25) is 9.59 Å². The molecule has 6 heteroatoms. The summed E-state index contributed by atoms with van der Waals surface area (Å²) in [6, 6.07) is 6.44. The topological polar surface area (TPSA) is 79.4 Å². The van der Waals surface area contributed by atoms with Crippen molar-refractivity contribution in [2.75, 3.05) is 0 Å². The zero-order valence-corrected chi connectivity index (χ0v) is 21.3. The number of pyridine rings is 1. The van der Waals surface area contributed by atoms with E-state index in [2.05, 4.69) is 47.5 Å². The van der Waals surface area contributed by atoms with E-state index in [0.717, 1.165) is 12.8 Å². The first-order valence-electron chi connectivity index (χ1n) is 11.8. The molecule has 2 N–H and O–H groups in total. The van der Waals surface area contributed by atoms with Gasteiger partial charge in [-0.25, -0.2) is 0 Å². The molecule has 0 amide bonds. The molecule has 174 valence electrons. The number of benzene rings is 1. The van der Waals surface area contributed by atoms with Crippen LogP contribution in [-0.4, -0.2) is 25.4 Å². The molecule has 3 aliphatic rings. The summed E-state index contributed by atoms with van der Waals surface area (Å²) in [5.41, 5.74) is 0.876. The minimum Gasteiger partial charge on any atom is -0.508 e. The van der Waals surface area contributed by atoms with Crippen molar-refractivity contribution in [1.29, 1.82) is 0 Å². The molecular weight excluding hydrogens is 529 g/mol. The van der Waals surface area contributed by atoms with Gasteiger partial charge in [0, 0.05) is 11.8 Å². The molecule has 2 aliphatic carbocycles. The number of aromatic nitrogens is 1. The van der Waals surface area contributed by atoms with Crippen LogP contribution in [0, 0.1) is 29.6 Å². The molecule has 0 radical (unpaired) electrons. The molecule has 1 aromatic heterocycles. The Morgan fingerprint density at radius 3 is 2.64 bits per heavy atom. The van der Waals surface area contributed by atoms with Crippen LogP contribution in [0.15, 0.2) is 47.4 Å². The number of ether oxygens (including phenoxy) is 1. The third-order valence-electron chi connectivity index (χ3n) is 8.11. The molecule has 2 fully saturated rings. The molecule has 0 unspecified atom stereocenters. The van der Waals surface area contributed by atoms with Gasteiger partial charge < -0.3 is 14.8 Å². The first-order chi connectivity index (χ1) is 15.7. The van der Waals surface area contributed by atoms with E-state index in [0.29, 0.717) is 34.8 Å². The zero-order valence-electron chi connectivity index (χ0n) is 19.2. The smallest absolute Gasteiger partial charge is 0.206 e. The summed E-state index contributed by atoms with van der Waals surface area (Å²) in [5.74, 6) is 1.51. The zero-order chi connectivity index (χ0) is 23.5. The van der Waals surface area contributed by atoms with Crippen LogP contribution in [0.25, 0.3) is 11.1 Å². The third-order valence-corrected chi connectivity index (χ3v) is 9.53. The van der Waals surface area contributed by atoms with Gasteiger partial charge in [0.2, 0.25) is 11.3 Å². The Kier molecular flexibility index (Phi) is 5.70. The number of nitrogens with one attached hydrogen (secondary N) is 1. The maximum absolute atomic E-state index is 14.1. The Morgan fingerprint density at radius 2 is 1.94 bits per heavy atom. The van der Waals surface area contributed by atoms with Crippen LogP contribution in [0.1, 0.15) is 50.4 Å². The Labute approximate surface area is 207 Å². The molecule has 1 aliphatic heterocycles. The van der Waals surface area contributed by atoms with Crippen molar-refractivity contribution in [1.82, 2.24) is 4.98 Å². The van der Waals surface area contributed by atoms with Crippen molar-refractivity contribution in [3.8, 4) is 22.8 Å². The van der Waals surface area contributed by atoms with Gasteiger partial charge in [0.25, 0.3) is 0 Å². The van der Waals surface area contributed by atoms with Crippen LogP contribution in [0.2, 0.25) is 0 Å². The monoisotopic (exact) mass is 559 g/mol. The fraction of sp³-hybridized carbons (Fsp3) is 0.481. The van der Waals surface area contributed by atoms with E-state index in [1.54, 1.807) is 18.3 Å². The standard InChI is InChI=1S/C27H30INO4/c1-4-5-17-18-12-14(2)6-11-20(18)27(3,28)25-21(17)24(32)22-23(31)19(13-29-26(22)33-25)15-7-9-16(30)10-8-15/h4-5,7-10,13-14,17-18,20-21,25,30H,6,11-12H2,1-3H3,(H,29,31)/b5-4+/t14-,17+,18+,20-,21+,25-,27-/m0/s1. The quantitative estimate of drug-likeness (QED) is 0.279. The fourth-order valence-electron chi connectivity index (χ4n) is 6.55. The van der Waals surface area contributed by atoms with Gasteiger partial charge in [-0.1, -0.05) is 60.2 Å². The van der Waals surface area contributed by atoms with Crippen molar-refractivity contribution < 1.29 is 14.6 Å². The number of alkyl halides is 1. The number of hydrogen-bond donors (Lipinski definition) is 2. The molecule has 5 nitrogen and oxygen atoms in total. The van der Waals surface area contributed by atoms with Gasteiger partial charge in [-0.05, 0) is 68.1 Å². The molecule has 7 atom stereocenters. The Hall–Kier alpha value is -2.09. The predicted octanol–water partition coefficient (Wildman–Crippen LogP) is 5.76. The molecule has 1 aromatic carbocycles. The number of allylic oxidation sites excluding steroid dienone is 2.